The van der Waals surface area contributed by atoms with Crippen LogP contribution in [0.5, 0.6) is 0 Å². The quantitative estimate of drug-likeness (QED) is 0.836. The van der Waals surface area contributed by atoms with Crippen molar-refractivity contribution in [2.75, 3.05) is 0 Å². The summed E-state index contributed by atoms with van der Waals surface area (Å²) in [6.45, 7) is 5.43. The third-order valence-corrected chi connectivity index (χ3v) is 2.70. The molecule has 0 amide bonds. The molecule has 1 aromatic heterocycles. The van der Waals surface area contributed by atoms with E-state index in [9.17, 15) is 5.11 Å². The summed E-state index contributed by atoms with van der Waals surface area (Å²) in [5, 5.41) is 9.59. The predicted octanol–water partition coefficient (Wildman–Crippen LogP) is 2.93. The summed E-state index contributed by atoms with van der Waals surface area (Å²) >= 11 is 0. The number of aliphatic hydroxyl groups excluding tert-OH is 1. The Morgan fingerprint density at radius 3 is 2.94 bits per heavy atom. The maximum atomic E-state index is 9.59. The van der Waals surface area contributed by atoms with Crippen LogP contribution in [0.4, 0.5) is 0 Å². The van der Waals surface area contributed by atoms with Gasteiger partial charge in [0.25, 0.3) is 0 Å². The van der Waals surface area contributed by atoms with Gasteiger partial charge in [0.1, 0.15) is 5.82 Å². The first-order valence-corrected chi connectivity index (χ1v) is 5.92. The molecule has 18 heavy (non-hydrogen) atoms. The summed E-state index contributed by atoms with van der Waals surface area (Å²) < 4.78 is 0. The zero-order valence-corrected chi connectivity index (χ0v) is 10.4. The van der Waals surface area contributed by atoms with E-state index in [1.807, 2.05) is 30.3 Å². The van der Waals surface area contributed by atoms with Crippen LogP contribution in [0.15, 0.2) is 49.2 Å². The summed E-state index contributed by atoms with van der Waals surface area (Å²) in [6.07, 6.45) is 3.71. The van der Waals surface area contributed by atoms with Crippen LogP contribution in [-0.2, 0) is 6.42 Å². The fourth-order valence-electron chi connectivity index (χ4n) is 1.75. The Morgan fingerprint density at radius 1 is 1.39 bits per heavy atom. The highest BCUT2D eigenvalue weighted by Crippen LogP contribution is 2.21. The lowest BCUT2D eigenvalue weighted by molar-refractivity contribution is 0.199. The minimum atomic E-state index is -0.473. The van der Waals surface area contributed by atoms with Crippen LogP contribution in [0.2, 0.25) is 0 Å². The molecule has 1 heterocycles. The van der Waals surface area contributed by atoms with E-state index in [1.165, 1.54) is 0 Å². The van der Waals surface area contributed by atoms with Gasteiger partial charge in [0.2, 0.25) is 0 Å². The topological polar surface area (TPSA) is 46.0 Å². The minimum Gasteiger partial charge on any atom is -0.389 e. The summed E-state index contributed by atoms with van der Waals surface area (Å²) in [6, 6.07) is 9.62. The van der Waals surface area contributed by atoms with Crippen molar-refractivity contribution in [2.45, 2.75) is 19.4 Å². The molecule has 1 aromatic carbocycles. The van der Waals surface area contributed by atoms with E-state index in [0.29, 0.717) is 6.42 Å². The van der Waals surface area contributed by atoms with E-state index >= 15 is 0 Å². The summed E-state index contributed by atoms with van der Waals surface area (Å²) in [5.41, 5.74) is 2.74. The Bertz CT molecular complexity index is 550. The third kappa shape index (κ3) is 2.81. The van der Waals surface area contributed by atoms with E-state index < -0.39 is 6.10 Å². The number of hydrogen-bond donors (Lipinski definition) is 1. The van der Waals surface area contributed by atoms with Gasteiger partial charge < -0.3 is 5.11 Å². The van der Waals surface area contributed by atoms with Crippen LogP contribution in [0.3, 0.4) is 0 Å². The lowest BCUT2D eigenvalue weighted by atomic mass is 10.0. The lowest BCUT2D eigenvalue weighted by Gasteiger charge is -2.07. The molecule has 2 rings (SSSR count). The molecule has 0 aliphatic carbocycles. The monoisotopic (exact) mass is 240 g/mol. The van der Waals surface area contributed by atoms with Gasteiger partial charge in [-0.2, -0.15) is 0 Å². The highest BCUT2D eigenvalue weighted by atomic mass is 16.3. The second-order valence-electron chi connectivity index (χ2n) is 4.15. The van der Waals surface area contributed by atoms with Crippen molar-refractivity contribution in [3.05, 3.63) is 60.6 Å². The molecule has 0 aliphatic rings. The maximum absolute atomic E-state index is 9.59. The molecule has 0 bridgehead atoms. The zero-order chi connectivity index (χ0) is 13.0. The molecule has 0 radical (unpaired) electrons. The molecular weight excluding hydrogens is 224 g/mol. The van der Waals surface area contributed by atoms with Gasteiger partial charge in [0, 0.05) is 18.2 Å². The van der Waals surface area contributed by atoms with Gasteiger partial charge in [-0.3, -0.25) is 0 Å². The highest BCUT2D eigenvalue weighted by molar-refractivity contribution is 5.59. The molecular formula is C15H16N2O. The third-order valence-electron chi connectivity index (χ3n) is 2.70. The van der Waals surface area contributed by atoms with Crippen molar-refractivity contribution >= 4 is 0 Å². The second kappa shape index (κ2) is 5.56. The largest absolute Gasteiger partial charge is 0.389 e. The molecule has 0 fully saturated rings. The average molecular weight is 240 g/mol. The van der Waals surface area contributed by atoms with E-state index in [-0.39, 0.29) is 0 Å². The molecule has 92 valence electrons. The Kier molecular flexibility index (Phi) is 3.85. The fourth-order valence-corrected chi connectivity index (χ4v) is 1.75. The molecule has 2 aromatic rings. The Labute approximate surface area is 107 Å². The maximum Gasteiger partial charge on any atom is 0.132 e. The van der Waals surface area contributed by atoms with E-state index in [1.54, 1.807) is 19.2 Å². The highest BCUT2D eigenvalue weighted by Gasteiger charge is 2.05. The van der Waals surface area contributed by atoms with Crippen molar-refractivity contribution in [3.63, 3.8) is 0 Å². The van der Waals surface area contributed by atoms with Crippen LogP contribution in [-0.4, -0.2) is 15.1 Å². The second-order valence-corrected chi connectivity index (χ2v) is 4.15. The number of benzene rings is 1. The number of nitrogens with zero attached hydrogens (tertiary/aromatic N) is 2. The van der Waals surface area contributed by atoms with Gasteiger partial charge in [0.05, 0.1) is 11.8 Å². The van der Waals surface area contributed by atoms with Gasteiger partial charge in [-0.15, -0.1) is 6.58 Å². The molecule has 0 aliphatic heterocycles. The molecule has 3 nitrogen and oxygen atoms in total. The number of aliphatic hydroxyl groups is 1. The van der Waals surface area contributed by atoms with Gasteiger partial charge in [-0.25, -0.2) is 9.97 Å². The van der Waals surface area contributed by atoms with Crippen LogP contribution in [0.1, 0.15) is 24.4 Å². The van der Waals surface area contributed by atoms with Crippen molar-refractivity contribution in [2.24, 2.45) is 0 Å². The fraction of sp³-hybridized carbons (Fsp3) is 0.200. The van der Waals surface area contributed by atoms with Gasteiger partial charge in [-0.1, -0.05) is 24.3 Å². The van der Waals surface area contributed by atoms with E-state index in [2.05, 4.69) is 16.5 Å². The SMILES string of the molecule is C=CCc1nccc(-c2cccc(C(C)O)c2)n1. The lowest BCUT2D eigenvalue weighted by Crippen LogP contribution is -1.96. The van der Waals surface area contributed by atoms with Crippen molar-refractivity contribution in [3.8, 4) is 11.3 Å². The number of aromatic nitrogens is 2. The van der Waals surface area contributed by atoms with Crippen LogP contribution in [0.25, 0.3) is 11.3 Å². The molecule has 0 saturated carbocycles. The summed E-state index contributed by atoms with van der Waals surface area (Å²) in [7, 11) is 0. The molecule has 1 N–H and O–H groups in total. The Hall–Kier alpha value is -2.00. The zero-order valence-electron chi connectivity index (χ0n) is 10.4. The Balaban J connectivity index is 2.38. The number of rotatable bonds is 4. The first-order valence-electron chi connectivity index (χ1n) is 5.92. The molecule has 1 unspecified atom stereocenters. The van der Waals surface area contributed by atoms with Crippen molar-refractivity contribution < 1.29 is 5.11 Å². The minimum absolute atomic E-state index is 0.473. The standard InChI is InChI=1S/C15H16N2O/c1-3-5-15-16-9-8-14(17-15)13-7-4-6-12(10-13)11(2)18/h3-4,6-11,18H,1,5H2,2H3. The van der Waals surface area contributed by atoms with Crippen molar-refractivity contribution in [1.82, 2.24) is 9.97 Å². The van der Waals surface area contributed by atoms with Crippen molar-refractivity contribution in [1.29, 1.82) is 0 Å². The van der Waals surface area contributed by atoms with Gasteiger partial charge in [0.15, 0.2) is 0 Å². The first kappa shape index (κ1) is 12.5. The van der Waals surface area contributed by atoms with Gasteiger partial charge in [-0.05, 0) is 24.6 Å². The van der Waals surface area contributed by atoms with Crippen LogP contribution >= 0.6 is 0 Å². The van der Waals surface area contributed by atoms with E-state index in [0.717, 1.165) is 22.6 Å². The van der Waals surface area contributed by atoms with Crippen LogP contribution in [0, 0.1) is 0 Å². The molecule has 1 atom stereocenters. The predicted molar refractivity (Wildman–Crippen MR) is 72.0 cm³/mol. The normalized spacial score (nSPS) is 12.1. The summed E-state index contributed by atoms with van der Waals surface area (Å²) in [5.74, 6) is 0.755. The molecule has 0 saturated heterocycles. The molecule has 0 spiro atoms. The van der Waals surface area contributed by atoms with Gasteiger partial charge >= 0.3 is 0 Å². The molecule has 3 heteroatoms. The number of hydrogen-bond acceptors (Lipinski definition) is 3. The Morgan fingerprint density at radius 2 is 2.22 bits per heavy atom. The van der Waals surface area contributed by atoms with Crippen LogP contribution < -0.4 is 0 Å². The number of allylic oxidation sites excluding steroid dienone is 1. The average Bonchev–Trinajstić information content (AvgIpc) is 2.39. The first-order chi connectivity index (χ1) is 8.70. The van der Waals surface area contributed by atoms with E-state index in [4.69, 9.17) is 0 Å². The summed E-state index contributed by atoms with van der Waals surface area (Å²) in [4.78, 5) is 8.65. The smallest absolute Gasteiger partial charge is 0.132 e.